The van der Waals surface area contributed by atoms with E-state index in [9.17, 15) is 5.11 Å². The summed E-state index contributed by atoms with van der Waals surface area (Å²) in [5.41, 5.74) is 3.53. The zero-order valence-corrected chi connectivity index (χ0v) is 25.2. The summed E-state index contributed by atoms with van der Waals surface area (Å²) in [5.74, 6) is 0.625. The Morgan fingerprint density at radius 1 is 1.05 bits per heavy atom. The minimum absolute atomic E-state index is 0.0562. The van der Waals surface area contributed by atoms with E-state index in [0.29, 0.717) is 34.6 Å². The molecule has 3 heterocycles. The lowest BCUT2D eigenvalue weighted by molar-refractivity contribution is -0.169. The number of aliphatic hydroxyl groups excluding tert-OH is 2. The first-order valence-electron chi connectivity index (χ1n) is 14.6. The SMILES string of the molecule is OCCOc1ccc(N2CCN(C[C@@H](O)c3cccc(COC4CCCCO4)n3)CC2Cc2ccc(Cl)cc2)c(Cl)c1. The van der Waals surface area contributed by atoms with Crippen molar-refractivity contribution in [3.05, 3.63) is 87.7 Å². The molecule has 2 fully saturated rings. The Morgan fingerprint density at radius 2 is 1.90 bits per heavy atom. The summed E-state index contributed by atoms with van der Waals surface area (Å²) in [6.07, 6.45) is 2.97. The number of pyridine rings is 1. The first kappa shape index (κ1) is 31.0. The molecule has 0 radical (unpaired) electrons. The van der Waals surface area contributed by atoms with E-state index < -0.39 is 6.10 Å². The summed E-state index contributed by atoms with van der Waals surface area (Å²) < 4.78 is 17.1. The second kappa shape index (κ2) is 15.3. The predicted octanol–water partition coefficient (Wildman–Crippen LogP) is 5.27. The normalized spacial score (nSPS) is 20.4. The van der Waals surface area contributed by atoms with Crippen LogP contribution in [-0.4, -0.2) is 78.4 Å². The Labute approximate surface area is 257 Å². The Bertz CT molecular complexity index is 1280. The minimum Gasteiger partial charge on any atom is -0.491 e. The van der Waals surface area contributed by atoms with Crippen molar-refractivity contribution in [2.45, 2.75) is 50.7 Å². The van der Waals surface area contributed by atoms with Gasteiger partial charge in [-0.15, -0.1) is 0 Å². The number of aromatic nitrogens is 1. The number of hydrogen-bond acceptors (Lipinski definition) is 8. The Morgan fingerprint density at radius 3 is 2.67 bits per heavy atom. The zero-order chi connectivity index (χ0) is 29.3. The summed E-state index contributed by atoms with van der Waals surface area (Å²) in [6.45, 7) is 3.96. The second-order valence-corrected chi connectivity index (χ2v) is 11.6. The van der Waals surface area contributed by atoms with Crippen molar-refractivity contribution in [1.29, 1.82) is 0 Å². The third-order valence-electron chi connectivity index (χ3n) is 7.70. The first-order chi connectivity index (χ1) is 20.5. The van der Waals surface area contributed by atoms with Gasteiger partial charge in [0, 0.05) is 49.9 Å². The third-order valence-corrected chi connectivity index (χ3v) is 8.25. The van der Waals surface area contributed by atoms with Crippen LogP contribution in [0.15, 0.2) is 60.7 Å². The molecule has 0 spiro atoms. The molecule has 2 aromatic carbocycles. The van der Waals surface area contributed by atoms with E-state index in [1.807, 2.05) is 42.5 Å². The molecule has 2 N–H and O–H groups in total. The quantitative estimate of drug-likeness (QED) is 0.285. The Balaban J connectivity index is 1.26. The van der Waals surface area contributed by atoms with Gasteiger partial charge in [-0.1, -0.05) is 41.4 Å². The molecular weight excluding hydrogens is 577 g/mol. The molecule has 2 aliphatic rings. The largest absolute Gasteiger partial charge is 0.491 e. The number of aliphatic hydroxyl groups is 2. The van der Waals surface area contributed by atoms with Crippen molar-refractivity contribution in [1.82, 2.24) is 9.88 Å². The molecule has 42 heavy (non-hydrogen) atoms. The fourth-order valence-electron chi connectivity index (χ4n) is 5.57. The zero-order valence-electron chi connectivity index (χ0n) is 23.7. The highest BCUT2D eigenvalue weighted by Crippen LogP contribution is 2.33. The Hall–Kier alpha value is -2.43. The second-order valence-electron chi connectivity index (χ2n) is 10.8. The molecule has 1 aromatic heterocycles. The van der Waals surface area contributed by atoms with Crippen LogP contribution in [0.2, 0.25) is 10.0 Å². The van der Waals surface area contributed by atoms with Crippen molar-refractivity contribution in [2.75, 3.05) is 50.9 Å². The molecule has 8 nitrogen and oxygen atoms in total. The van der Waals surface area contributed by atoms with Crippen molar-refractivity contribution in [3.8, 4) is 5.75 Å². The van der Waals surface area contributed by atoms with Crippen molar-refractivity contribution in [2.24, 2.45) is 0 Å². The summed E-state index contributed by atoms with van der Waals surface area (Å²) in [7, 11) is 0. The fraction of sp³-hybridized carbons (Fsp3) is 0.469. The number of β-amino-alcohol motifs (C(OH)–C–C–N with tert-alkyl or cyclic N) is 1. The maximum Gasteiger partial charge on any atom is 0.158 e. The van der Waals surface area contributed by atoms with Crippen LogP contribution >= 0.6 is 23.2 Å². The summed E-state index contributed by atoms with van der Waals surface area (Å²) in [4.78, 5) is 9.32. The van der Waals surface area contributed by atoms with Crippen LogP contribution in [0.5, 0.6) is 5.75 Å². The molecule has 10 heteroatoms. The van der Waals surface area contributed by atoms with E-state index in [2.05, 4.69) is 21.9 Å². The number of benzene rings is 2. The van der Waals surface area contributed by atoms with E-state index in [0.717, 1.165) is 63.3 Å². The number of hydrogen-bond donors (Lipinski definition) is 2. The minimum atomic E-state index is -0.731. The summed E-state index contributed by atoms with van der Waals surface area (Å²) >= 11 is 12.9. The van der Waals surface area contributed by atoms with E-state index >= 15 is 0 Å². The molecule has 5 rings (SSSR count). The molecule has 0 saturated carbocycles. The molecule has 2 aliphatic heterocycles. The smallest absolute Gasteiger partial charge is 0.158 e. The molecular formula is C32H39Cl2N3O5. The highest BCUT2D eigenvalue weighted by atomic mass is 35.5. The molecule has 3 aromatic rings. The van der Waals surface area contributed by atoms with Gasteiger partial charge in [-0.2, -0.15) is 0 Å². The molecule has 0 bridgehead atoms. The van der Waals surface area contributed by atoms with E-state index in [-0.39, 0.29) is 25.5 Å². The highest BCUT2D eigenvalue weighted by Gasteiger charge is 2.30. The van der Waals surface area contributed by atoms with Crippen LogP contribution in [0, 0.1) is 0 Å². The molecule has 2 saturated heterocycles. The van der Waals surface area contributed by atoms with Gasteiger partial charge >= 0.3 is 0 Å². The number of anilines is 1. The van der Waals surface area contributed by atoms with Crippen LogP contribution < -0.4 is 9.64 Å². The highest BCUT2D eigenvalue weighted by molar-refractivity contribution is 6.33. The van der Waals surface area contributed by atoms with Crippen molar-refractivity contribution in [3.63, 3.8) is 0 Å². The van der Waals surface area contributed by atoms with Crippen LogP contribution in [0.1, 0.15) is 42.3 Å². The van der Waals surface area contributed by atoms with Gasteiger partial charge in [-0.25, -0.2) is 0 Å². The fourth-order valence-corrected chi connectivity index (χ4v) is 5.97. The number of nitrogens with zero attached hydrogens (tertiary/aromatic N) is 3. The molecule has 2 unspecified atom stereocenters. The van der Waals surface area contributed by atoms with Gasteiger partial charge in [0.1, 0.15) is 18.5 Å². The van der Waals surface area contributed by atoms with Crippen LogP contribution in [0.3, 0.4) is 0 Å². The number of rotatable bonds is 12. The third kappa shape index (κ3) is 8.57. The van der Waals surface area contributed by atoms with Gasteiger partial charge in [0.05, 0.1) is 35.3 Å². The van der Waals surface area contributed by atoms with Crippen LogP contribution in [0.25, 0.3) is 0 Å². The van der Waals surface area contributed by atoms with Gasteiger partial charge in [0.15, 0.2) is 6.29 Å². The van der Waals surface area contributed by atoms with Gasteiger partial charge in [0.25, 0.3) is 0 Å². The van der Waals surface area contributed by atoms with Gasteiger partial charge in [-0.05, 0) is 67.6 Å². The van der Waals surface area contributed by atoms with Crippen molar-refractivity contribution < 1.29 is 24.4 Å². The standard InChI is InChI=1S/C32H39Cl2N3O5/c33-24-9-7-23(8-10-24)18-26-20-36(13-14-37(26)30-12-11-27(19-28(30)34)40-17-15-38)21-31(39)29-5-3-4-25(35-29)22-42-32-6-1-2-16-41-32/h3-5,7-12,19,26,31-32,38-39H,1-2,6,13-18,20-22H2/t26?,31-,32?/m1/s1. The maximum absolute atomic E-state index is 11.2. The van der Waals surface area contributed by atoms with Gasteiger partial charge in [0.2, 0.25) is 0 Å². The monoisotopic (exact) mass is 615 g/mol. The first-order valence-corrected chi connectivity index (χ1v) is 15.4. The molecule has 226 valence electrons. The van der Waals surface area contributed by atoms with E-state index in [1.54, 1.807) is 6.07 Å². The topological polar surface area (TPSA) is 87.5 Å². The van der Waals surface area contributed by atoms with E-state index in [1.165, 1.54) is 5.56 Å². The van der Waals surface area contributed by atoms with Crippen molar-refractivity contribution >= 4 is 28.9 Å². The average Bonchev–Trinajstić information content (AvgIpc) is 3.01. The number of piperazine rings is 1. The lowest BCUT2D eigenvalue weighted by atomic mass is 10.0. The van der Waals surface area contributed by atoms with Gasteiger partial charge in [-0.3, -0.25) is 9.88 Å². The Kier molecular flexibility index (Phi) is 11.3. The lowest BCUT2D eigenvalue weighted by Crippen LogP contribution is -2.55. The summed E-state index contributed by atoms with van der Waals surface area (Å²) in [5, 5.41) is 21.6. The molecule has 0 aliphatic carbocycles. The molecule has 0 amide bonds. The number of halogens is 2. The van der Waals surface area contributed by atoms with Crippen LogP contribution in [0.4, 0.5) is 5.69 Å². The lowest BCUT2D eigenvalue weighted by Gasteiger charge is -2.44. The van der Waals surface area contributed by atoms with Gasteiger partial charge < -0.3 is 29.3 Å². The number of ether oxygens (including phenoxy) is 3. The van der Waals surface area contributed by atoms with Crippen LogP contribution in [-0.2, 0) is 22.5 Å². The molecule has 3 atom stereocenters. The summed E-state index contributed by atoms with van der Waals surface area (Å²) in [6, 6.07) is 19.4. The maximum atomic E-state index is 11.2. The average molecular weight is 617 g/mol. The van der Waals surface area contributed by atoms with E-state index in [4.69, 9.17) is 47.5 Å². The predicted molar refractivity (Wildman–Crippen MR) is 164 cm³/mol.